The fourth-order valence-electron chi connectivity index (χ4n) is 4.04. The van der Waals surface area contributed by atoms with E-state index in [-0.39, 0.29) is 0 Å². The number of hydrogen-bond acceptors (Lipinski definition) is 3. The highest BCUT2D eigenvalue weighted by atomic mass is 35.5. The number of hydrogen-bond donors (Lipinski definition) is 1. The number of aryl methyl sites for hydroxylation is 1. The average molecular weight is 425 g/mol. The Hall–Kier alpha value is -3.63. The molecule has 0 saturated heterocycles. The maximum atomic E-state index is 6.18. The van der Waals surface area contributed by atoms with Crippen LogP contribution in [-0.4, -0.2) is 14.5 Å². The Bertz CT molecular complexity index is 1340. The van der Waals surface area contributed by atoms with Gasteiger partial charge in [0, 0.05) is 17.3 Å². The summed E-state index contributed by atoms with van der Waals surface area (Å²) in [4.78, 5) is 9.26. The lowest BCUT2D eigenvalue weighted by Gasteiger charge is -2.11. The Morgan fingerprint density at radius 1 is 0.871 bits per heavy atom. The maximum Gasteiger partial charge on any atom is 0.146 e. The number of rotatable bonds is 5. The van der Waals surface area contributed by atoms with Crippen LogP contribution < -0.4 is 5.32 Å². The third-order valence-electron chi connectivity index (χ3n) is 5.40. The molecule has 0 spiro atoms. The number of benzene rings is 3. The van der Waals surface area contributed by atoms with Crippen LogP contribution in [0.5, 0.6) is 0 Å². The van der Waals surface area contributed by atoms with E-state index in [9.17, 15) is 0 Å². The molecule has 0 saturated carbocycles. The van der Waals surface area contributed by atoms with E-state index in [2.05, 4.69) is 75.3 Å². The summed E-state index contributed by atoms with van der Waals surface area (Å²) >= 11 is 6.18. The second-order valence-electron chi connectivity index (χ2n) is 7.47. The van der Waals surface area contributed by atoms with Gasteiger partial charge in [-0.05, 0) is 41.8 Å². The number of fused-ring (bicyclic) bond motifs is 1. The van der Waals surface area contributed by atoms with Gasteiger partial charge in [0.15, 0.2) is 0 Å². The van der Waals surface area contributed by atoms with Crippen LogP contribution in [0.4, 0.5) is 11.5 Å². The first-order valence-electron chi connectivity index (χ1n) is 10.2. The van der Waals surface area contributed by atoms with E-state index in [0.717, 1.165) is 45.9 Å². The minimum atomic E-state index is 0.679. The summed E-state index contributed by atoms with van der Waals surface area (Å²) in [5.74, 6) is 0.772. The van der Waals surface area contributed by atoms with Crippen molar-refractivity contribution in [2.24, 2.45) is 0 Å². The fourth-order valence-corrected chi connectivity index (χ4v) is 4.23. The first kappa shape index (κ1) is 19.3. The molecule has 5 rings (SSSR count). The Balaban J connectivity index is 1.72. The Morgan fingerprint density at radius 2 is 1.61 bits per heavy atom. The van der Waals surface area contributed by atoms with Gasteiger partial charge in [-0.25, -0.2) is 9.97 Å². The highest BCUT2D eigenvalue weighted by molar-refractivity contribution is 6.30. The molecule has 0 aliphatic heterocycles. The van der Waals surface area contributed by atoms with Crippen molar-refractivity contribution in [1.82, 2.24) is 14.5 Å². The lowest BCUT2D eigenvalue weighted by atomic mass is 10.1. The molecule has 3 aromatic carbocycles. The van der Waals surface area contributed by atoms with Gasteiger partial charge in [-0.1, -0.05) is 78.3 Å². The van der Waals surface area contributed by atoms with Crippen molar-refractivity contribution < 1.29 is 0 Å². The predicted molar refractivity (Wildman–Crippen MR) is 128 cm³/mol. The summed E-state index contributed by atoms with van der Waals surface area (Å²) in [6.07, 6.45) is 1.62. The summed E-state index contributed by atoms with van der Waals surface area (Å²) in [5, 5.41) is 5.13. The summed E-state index contributed by atoms with van der Waals surface area (Å²) in [6.45, 7) is 2.86. The zero-order valence-electron chi connectivity index (χ0n) is 17.1. The monoisotopic (exact) mass is 424 g/mol. The molecule has 2 aromatic heterocycles. The molecule has 1 N–H and O–H groups in total. The van der Waals surface area contributed by atoms with Crippen molar-refractivity contribution in [2.45, 2.75) is 13.5 Å². The lowest BCUT2D eigenvalue weighted by Crippen LogP contribution is -2.03. The van der Waals surface area contributed by atoms with Crippen molar-refractivity contribution in [3.63, 3.8) is 0 Å². The second-order valence-corrected chi connectivity index (χ2v) is 7.90. The van der Waals surface area contributed by atoms with E-state index in [1.54, 1.807) is 6.33 Å². The topological polar surface area (TPSA) is 42.7 Å². The lowest BCUT2D eigenvalue weighted by molar-refractivity contribution is 0.829. The highest BCUT2D eigenvalue weighted by Crippen LogP contribution is 2.36. The standard InChI is InChI=1S/C26H21ClN4/c1-18-23-25(30-22-14-8-13-21(27)15-22)28-17-29-26(23)31(16-19-9-4-2-5-10-19)24(18)20-11-6-3-7-12-20/h2-15,17H,16H2,1H3,(H,28,29,30). The van der Waals surface area contributed by atoms with Crippen molar-refractivity contribution in [3.8, 4) is 11.3 Å². The molecule has 0 fully saturated rings. The molecule has 0 atom stereocenters. The summed E-state index contributed by atoms with van der Waals surface area (Å²) in [6, 6.07) is 28.6. The SMILES string of the molecule is Cc1c(-c2ccccc2)n(Cc2ccccc2)c2ncnc(Nc3cccc(Cl)c3)c12. The molecule has 152 valence electrons. The van der Waals surface area contributed by atoms with Crippen LogP contribution in [0, 0.1) is 6.92 Å². The molecule has 0 radical (unpaired) electrons. The second kappa shape index (κ2) is 8.25. The predicted octanol–water partition coefficient (Wildman–Crippen LogP) is 6.85. The van der Waals surface area contributed by atoms with Gasteiger partial charge in [-0.15, -0.1) is 0 Å². The normalized spacial score (nSPS) is 11.0. The number of nitrogens with zero attached hydrogens (tertiary/aromatic N) is 3. The highest BCUT2D eigenvalue weighted by Gasteiger charge is 2.20. The van der Waals surface area contributed by atoms with E-state index < -0.39 is 0 Å². The van der Waals surface area contributed by atoms with Crippen LogP contribution in [0.25, 0.3) is 22.3 Å². The van der Waals surface area contributed by atoms with E-state index in [0.29, 0.717) is 5.02 Å². The van der Waals surface area contributed by atoms with Crippen molar-refractivity contribution in [1.29, 1.82) is 0 Å². The van der Waals surface area contributed by atoms with Crippen LogP contribution in [-0.2, 0) is 6.54 Å². The Labute approximate surface area is 186 Å². The molecule has 0 unspecified atom stereocenters. The molecule has 31 heavy (non-hydrogen) atoms. The van der Waals surface area contributed by atoms with Gasteiger partial charge in [-0.2, -0.15) is 0 Å². The molecule has 0 aliphatic rings. The molecular weight excluding hydrogens is 404 g/mol. The molecule has 5 heteroatoms. The number of anilines is 2. The van der Waals surface area contributed by atoms with Gasteiger partial charge in [-0.3, -0.25) is 0 Å². The summed E-state index contributed by atoms with van der Waals surface area (Å²) < 4.78 is 2.28. The van der Waals surface area contributed by atoms with Gasteiger partial charge in [0.25, 0.3) is 0 Å². The van der Waals surface area contributed by atoms with Gasteiger partial charge in [0.2, 0.25) is 0 Å². The van der Waals surface area contributed by atoms with Gasteiger partial charge in [0.1, 0.15) is 17.8 Å². The van der Waals surface area contributed by atoms with E-state index in [1.165, 1.54) is 5.56 Å². The van der Waals surface area contributed by atoms with Crippen LogP contribution in [0.2, 0.25) is 5.02 Å². The van der Waals surface area contributed by atoms with Crippen LogP contribution >= 0.6 is 11.6 Å². The van der Waals surface area contributed by atoms with Gasteiger partial charge >= 0.3 is 0 Å². The average Bonchev–Trinajstić information content (AvgIpc) is 3.07. The quantitative estimate of drug-likeness (QED) is 0.335. The van der Waals surface area contributed by atoms with Crippen molar-refractivity contribution in [3.05, 3.63) is 107 Å². The molecule has 5 aromatic rings. The Morgan fingerprint density at radius 3 is 2.35 bits per heavy atom. The van der Waals surface area contributed by atoms with Crippen molar-refractivity contribution >= 4 is 34.1 Å². The van der Waals surface area contributed by atoms with Crippen molar-refractivity contribution in [2.75, 3.05) is 5.32 Å². The number of nitrogens with one attached hydrogen (secondary N) is 1. The summed E-state index contributed by atoms with van der Waals surface area (Å²) in [5.41, 5.74) is 6.46. The van der Waals surface area contributed by atoms with Crippen LogP contribution in [0.15, 0.2) is 91.3 Å². The smallest absolute Gasteiger partial charge is 0.146 e. The molecule has 2 heterocycles. The third-order valence-corrected chi connectivity index (χ3v) is 5.64. The minimum absolute atomic E-state index is 0.679. The van der Waals surface area contributed by atoms with Gasteiger partial charge in [0.05, 0.1) is 11.1 Å². The summed E-state index contributed by atoms with van der Waals surface area (Å²) in [7, 11) is 0. The molecule has 0 amide bonds. The Kier molecular flexibility index (Phi) is 5.14. The van der Waals surface area contributed by atoms with E-state index >= 15 is 0 Å². The van der Waals surface area contributed by atoms with E-state index in [1.807, 2.05) is 36.4 Å². The molecule has 4 nitrogen and oxygen atoms in total. The van der Waals surface area contributed by atoms with Gasteiger partial charge < -0.3 is 9.88 Å². The number of halogens is 1. The first-order chi connectivity index (χ1) is 15.2. The van der Waals surface area contributed by atoms with Crippen LogP contribution in [0.3, 0.4) is 0 Å². The first-order valence-corrected chi connectivity index (χ1v) is 10.5. The largest absolute Gasteiger partial charge is 0.340 e. The maximum absolute atomic E-state index is 6.18. The zero-order chi connectivity index (χ0) is 21.2. The molecule has 0 bridgehead atoms. The fraction of sp³-hybridized carbons (Fsp3) is 0.0769. The zero-order valence-corrected chi connectivity index (χ0v) is 17.8. The number of aromatic nitrogens is 3. The third kappa shape index (κ3) is 3.78. The molecular formula is C26H21ClN4. The van der Waals surface area contributed by atoms with Crippen LogP contribution in [0.1, 0.15) is 11.1 Å². The molecule has 0 aliphatic carbocycles. The minimum Gasteiger partial charge on any atom is -0.340 e. The van der Waals surface area contributed by atoms with E-state index in [4.69, 9.17) is 11.6 Å².